The second-order valence-electron chi connectivity index (χ2n) is 9.29. The molecule has 0 aromatic heterocycles. The molecule has 0 aliphatic carbocycles. The van der Waals surface area contributed by atoms with E-state index in [0.717, 1.165) is 15.4 Å². The molecule has 0 aliphatic heterocycles. The zero-order valence-electron chi connectivity index (χ0n) is 21.7. The molecule has 0 radical (unpaired) electrons. The Bertz CT molecular complexity index is 1360. The number of sulfonamides is 1. The number of nitrogens with one attached hydrogen (secondary N) is 1. The van der Waals surface area contributed by atoms with Crippen LogP contribution in [-0.4, -0.2) is 43.8 Å². The normalized spacial score (nSPS) is 12.2. The highest BCUT2D eigenvalue weighted by Gasteiger charge is 2.32. The third-order valence-electron chi connectivity index (χ3n) is 5.87. The second kappa shape index (κ2) is 12.7. The Balaban J connectivity index is 2.02. The van der Waals surface area contributed by atoms with Crippen LogP contribution in [0.2, 0.25) is 10.0 Å². The van der Waals surface area contributed by atoms with E-state index in [4.69, 9.17) is 23.2 Å². The molecule has 10 heteroatoms. The lowest BCUT2D eigenvalue weighted by Crippen LogP contribution is -2.52. The van der Waals surface area contributed by atoms with Crippen molar-refractivity contribution in [3.63, 3.8) is 0 Å². The van der Waals surface area contributed by atoms with E-state index in [-0.39, 0.29) is 23.4 Å². The number of carbonyl (C=O) groups excluding carboxylic acids is 2. The Morgan fingerprint density at radius 3 is 1.89 bits per heavy atom. The first kappa shape index (κ1) is 29.5. The van der Waals surface area contributed by atoms with Gasteiger partial charge in [0.15, 0.2) is 0 Å². The Morgan fingerprint density at radius 1 is 0.842 bits per heavy atom. The van der Waals surface area contributed by atoms with Crippen LogP contribution in [0.1, 0.15) is 31.9 Å². The van der Waals surface area contributed by atoms with Gasteiger partial charge in [-0.2, -0.15) is 0 Å². The summed E-state index contributed by atoms with van der Waals surface area (Å²) in [7, 11) is -4.15. The van der Waals surface area contributed by atoms with Gasteiger partial charge < -0.3 is 10.2 Å². The summed E-state index contributed by atoms with van der Waals surface area (Å²) in [6.07, 6.45) is 0. The fourth-order valence-electron chi connectivity index (χ4n) is 3.75. The molecule has 7 nitrogen and oxygen atoms in total. The monoisotopic (exact) mass is 575 g/mol. The van der Waals surface area contributed by atoms with Gasteiger partial charge in [-0.3, -0.25) is 13.9 Å². The fourth-order valence-corrected chi connectivity index (χ4v) is 5.41. The highest BCUT2D eigenvalue weighted by molar-refractivity contribution is 7.92. The summed E-state index contributed by atoms with van der Waals surface area (Å²) in [5.74, 6) is -0.880. The van der Waals surface area contributed by atoms with Gasteiger partial charge in [0.05, 0.1) is 10.6 Å². The van der Waals surface area contributed by atoms with Crippen LogP contribution in [-0.2, 0) is 26.2 Å². The molecule has 0 unspecified atom stereocenters. The molecule has 0 heterocycles. The number of amides is 2. The van der Waals surface area contributed by atoms with Crippen molar-refractivity contribution in [1.29, 1.82) is 0 Å². The average molecular weight is 577 g/mol. The number of halogens is 2. The molecular formula is C28H31Cl2N3O4S. The Labute approximate surface area is 234 Å². The van der Waals surface area contributed by atoms with Gasteiger partial charge in [-0.25, -0.2) is 8.42 Å². The number of rotatable bonds is 10. The van der Waals surface area contributed by atoms with Crippen molar-refractivity contribution in [1.82, 2.24) is 10.2 Å². The molecule has 3 aromatic carbocycles. The molecule has 202 valence electrons. The lowest BCUT2D eigenvalue weighted by atomic mass is 10.1. The van der Waals surface area contributed by atoms with Crippen molar-refractivity contribution in [3.8, 4) is 0 Å². The van der Waals surface area contributed by atoms with Crippen molar-refractivity contribution >= 4 is 50.7 Å². The zero-order chi connectivity index (χ0) is 28.0. The number of aryl methyl sites for hydroxylation is 1. The van der Waals surface area contributed by atoms with Crippen LogP contribution in [0.3, 0.4) is 0 Å². The van der Waals surface area contributed by atoms with Crippen molar-refractivity contribution < 1.29 is 18.0 Å². The van der Waals surface area contributed by atoms with Gasteiger partial charge in [-0.1, -0.05) is 53.0 Å². The molecule has 0 fully saturated rings. The maximum absolute atomic E-state index is 13.8. The maximum atomic E-state index is 13.8. The van der Waals surface area contributed by atoms with Crippen molar-refractivity contribution in [2.45, 2.75) is 51.2 Å². The van der Waals surface area contributed by atoms with Crippen molar-refractivity contribution in [2.24, 2.45) is 0 Å². The van der Waals surface area contributed by atoms with Crippen LogP contribution >= 0.6 is 23.2 Å². The number of nitrogens with zero attached hydrogens (tertiary/aromatic N) is 2. The number of hydrogen-bond donors (Lipinski definition) is 1. The van der Waals surface area contributed by atoms with Crippen LogP contribution in [0.5, 0.6) is 0 Å². The van der Waals surface area contributed by atoms with Gasteiger partial charge in [-0.05, 0) is 81.8 Å². The van der Waals surface area contributed by atoms with Gasteiger partial charge in [0.25, 0.3) is 10.0 Å². The predicted octanol–water partition coefficient (Wildman–Crippen LogP) is 5.44. The molecule has 0 bridgehead atoms. The summed E-state index contributed by atoms with van der Waals surface area (Å²) >= 11 is 12.0. The summed E-state index contributed by atoms with van der Waals surface area (Å²) in [6, 6.07) is 18.5. The standard InChI is InChI=1S/C28H31Cl2N3O4S/c1-19(2)31-28(35)21(4)32(17-22-7-9-23(29)10-8-22)27(34)18-33(25-13-5-20(3)6-14-25)38(36,37)26-15-11-24(30)12-16-26/h5-16,19,21H,17-18H2,1-4H3,(H,31,35)/t21-/m1/s1. The van der Waals surface area contributed by atoms with E-state index in [1.54, 1.807) is 55.5 Å². The molecule has 38 heavy (non-hydrogen) atoms. The first-order chi connectivity index (χ1) is 17.9. The highest BCUT2D eigenvalue weighted by Crippen LogP contribution is 2.26. The highest BCUT2D eigenvalue weighted by atomic mass is 35.5. The van der Waals surface area contributed by atoms with Crippen LogP contribution < -0.4 is 9.62 Å². The van der Waals surface area contributed by atoms with E-state index in [1.807, 2.05) is 20.8 Å². The quantitative estimate of drug-likeness (QED) is 0.348. The van der Waals surface area contributed by atoms with Gasteiger partial charge in [0.2, 0.25) is 11.8 Å². The molecule has 0 aliphatic rings. The van der Waals surface area contributed by atoms with E-state index in [2.05, 4.69) is 5.32 Å². The molecule has 1 N–H and O–H groups in total. The summed E-state index contributed by atoms with van der Waals surface area (Å²) in [4.78, 5) is 28.1. The Hall–Kier alpha value is -3.07. The lowest BCUT2D eigenvalue weighted by molar-refractivity contribution is -0.139. The molecular weight excluding hydrogens is 545 g/mol. The molecule has 3 aromatic rings. The topological polar surface area (TPSA) is 86.8 Å². The summed E-state index contributed by atoms with van der Waals surface area (Å²) in [6.45, 7) is 6.74. The fraction of sp³-hybridized carbons (Fsp3) is 0.286. The maximum Gasteiger partial charge on any atom is 0.264 e. The minimum absolute atomic E-state index is 0.00914. The molecule has 0 spiro atoms. The minimum Gasteiger partial charge on any atom is -0.352 e. The van der Waals surface area contributed by atoms with Crippen LogP contribution in [0.4, 0.5) is 5.69 Å². The van der Waals surface area contributed by atoms with Crippen molar-refractivity contribution in [3.05, 3.63) is 94.0 Å². The predicted molar refractivity (Wildman–Crippen MR) is 152 cm³/mol. The number of anilines is 1. The summed E-state index contributed by atoms with van der Waals surface area (Å²) < 4.78 is 28.6. The third-order valence-corrected chi connectivity index (χ3v) is 8.16. The lowest BCUT2D eigenvalue weighted by Gasteiger charge is -2.32. The van der Waals surface area contributed by atoms with Crippen molar-refractivity contribution in [2.75, 3.05) is 10.8 Å². The number of benzene rings is 3. The Kier molecular flexibility index (Phi) is 9.82. The molecule has 2 amide bonds. The van der Waals surface area contributed by atoms with E-state index in [0.29, 0.717) is 15.7 Å². The largest absolute Gasteiger partial charge is 0.352 e. The zero-order valence-corrected chi connectivity index (χ0v) is 24.0. The first-order valence-electron chi connectivity index (χ1n) is 12.1. The van der Waals surface area contributed by atoms with Gasteiger partial charge in [-0.15, -0.1) is 0 Å². The molecule has 3 rings (SSSR count). The van der Waals surface area contributed by atoms with Gasteiger partial charge in [0, 0.05) is 22.6 Å². The number of carbonyl (C=O) groups is 2. The first-order valence-corrected chi connectivity index (χ1v) is 14.3. The van der Waals surface area contributed by atoms with Gasteiger partial charge in [0.1, 0.15) is 12.6 Å². The van der Waals surface area contributed by atoms with Gasteiger partial charge >= 0.3 is 0 Å². The van der Waals surface area contributed by atoms with E-state index in [9.17, 15) is 18.0 Å². The van der Waals surface area contributed by atoms with E-state index >= 15 is 0 Å². The van der Waals surface area contributed by atoms with Crippen LogP contribution in [0, 0.1) is 6.92 Å². The second-order valence-corrected chi connectivity index (χ2v) is 12.0. The average Bonchev–Trinajstić information content (AvgIpc) is 2.87. The van der Waals surface area contributed by atoms with E-state index < -0.39 is 28.5 Å². The SMILES string of the molecule is Cc1ccc(N(CC(=O)N(Cc2ccc(Cl)cc2)[C@H](C)C(=O)NC(C)C)S(=O)(=O)c2ccc(Cl)cc2)cc1. The summed E-state index contributed by atoms with van der Waals surface area (Å²) in [5.41, 5.74) is 2.01. The number of hydrogen-bond acceptors (Lipinski definition) is 4. The third kappa shape index (κ3) is 7.49. The molecule has 0 saturated heterocycles. The Morgan fingerprint density at radius 2 is 1.37 bits per heavy atom. The summed E-state index contributed by atoms with van der Waals surface area (Å²) in [5, 5.41) is 3.76. The van der Waals surface area contributed by atoms with E-state index in [1.165, 1.54) is 29.2 Å². The van der Waals surface area contributed by atoms with Crippen LogP contribution in [0.25, 0.3) is 0 Å². The smallest absolute Gasteiger partial charge is 0.264 e. The van der Waals surface area contributed by atoms with Crippen LogP contribution in [0.15, 0.2) is 77.7 Å². The molecule has 1 atom stereocenters. The molecule has 0 saturated carbocycles. The minimum atomic E-state index is -4.15.